The van der Waals surface area contributed by atoms with Crippen LogP contribution in [0.4, 0.5) is 15.6 Å². The van der Waals surface area contributed by atoms with Crippen LogP contribution in [0, 0.1) is 0 Å². The van der Waals surface area contributed by atoms with Crippen molar-refractivity contribution in [1.82, 2.24) is 10.3 Å². The van der Waals surface area contributed by atoms with Gasteiger partial charge in [-0.3, -0.25) is 10.1 Å². The van der Waals surface area contributed by atoms with Crippen molar-refractivity contribution in [2.45, 2.75) is 13.0 Å². The van der Waals surface area contributed by atoms with Crippen molar-refractivity contribution in [1.29, 1.82) is 0 Å². The Bertz CT molecular complexity index is 993. The highest BCUT2D eigenvalue weighted by molar-refractivity contribution is 7.14. The van der Waals surface area contributed by atoms with Gasteiger partial charge in [-0.2, -0.15) is 0 Å². The normalized spacial score (nSPS) is 10.4. The summed E-state index contributed by atoms with van der Waals surface area (Å²) in [6, 6.07) is 13.7. The predicted molar refractivity (Wildman–Crippen MR) is 113 cm³/mol. The van der Waals surface area contributed by atoms with Crippen molar-refractivity contribution in [3.8, 4) is 0 Å². The van der Waals surface area contributed by atoms with Gasteiger partial charge < -0.3 is 10.6 Å². The van der Waals surface area contributed by atoms with Gasteiger partial charge in [0.15, 0.2) is 5.13 Å². The highest BCUT2D eigenvalue weighted by Gasteiger charge is 2.11. The van der Waals surface area contributed by atoms with Gasteiger partial charge in [0.05, 0.1) is 12.1 Å². The lowest BCUT2D eigenvalue weighted by molar-refractivity contribution is -0.120. The van der Waals surface area contributed by atoms with Crippen LogP contribution in [0.15, 0.2) is 53.9 Å². The molecule has 0 spiro atoms. The standard InChI is InChI=1S/C19H16Cl2N4O2S/c20-13-5-3-6-14(8-13)23-18(27)25-19-24-15(11-28-19)9-17(26)22-10-12-4-1-2-7-16(12)21/h1-8,11H,9-10H2,(H,22,26)(H2,23,24,25,27). The minimum Gasteiger partial charge on any atom is -0.352 e. The predicted octanol–water partition coefficient (Wildman–Crippen LogP) is 4.95. The quantitative estimate of drug-likeness (QED) is 0.512. The van der Waals surface area contributed by atoms with E-state index in [1.807, 2.05) is 18.2 Å². The molecule has 0 aliphatic rings. The first-order valence-electron chi connectivity index (χ1n) is 8.27. The fourth-order valence-electron chi connectivity index (χ4n) is 2.33. The molecule has 3 N–H and O–H groups in total. The van der Waals surface area contributed by atoms with E-state index in [1.54, 1.807) is 35.7 Å². The van der Waals surface area contributed by atoms with E-state index in [9.17, 15) is 9.59 Å². The number of hydrogen-bond acceptors (Lipinski definition) is 4. The van der Waals surface area contributed by atoms with Crippen molar-refractivity contribution in [3.63, 3.8) is 0 Å². The van der Waals surface area contributed by atoms with Crippen LogP contribution in [0.3, 0.4) is 0 Å². The summed E-state index contributed by atoms with van der Waals surface area (Å²) in [6.45, 7) is 0.343. The van der Waals surface area contributed by atoms with Gasteiger partial charge >= 0.3 is 6.03 Å². The van der Waals surface area contributed by atoms with E-state index in [-0.39, 0.29) is 12.3 Å². The third-order valence-corrected chi connectivity index (χ3v) is 5.04. The smallest absolute Gasteiger partial charge is 0.325 e. The molecule has 1 heterocycles. The number of benzene rings is 2. The molecule has 0 saturated carbocycles. The van der Waals surface area contributed by atoms with E-state index in [0.29, 0.717) is 33.1 Å². The van der Waals surface area contributed by atoms with Crippen LogP contribution < -0.4 is 16.0 Å². The molecular formula is C19H16Cl2N4O2S. The minimum absolute atomic E-state index is 0.110. The molecule has 0 aliphatic carbocycles. The molecule has 0 aliphatic heterocycles. The number of urea groups is 1. The summed E-state index contributed by atoms with van der Waals surface area (Å²) < 4.78 is 0. The number of anilines is 2. The van der Waals surface area contributed by atoms with E-state index < -0.39 is 6.03 Å². The lowest BCUT2D eigenvalue weighted by Gasteiger charge is -2.06. The minimum atomic E-state index is -0.439. The molecule has 0 saturated heterocycles. The number of halogens is 2. The number of thiazole rings is 1. The molecule has 0 bridgehead atoms. The van der Waals surface area contributed by atoms with Gasteiger partial charge in [0.1, 0.15) is 0 Å². The third-order valence-electron chi connectivity index (χ3n) is 3.63. The molecule has 3 aromatic rings. The SMILES string of the molecule is O=C(Cc1csc(NC(=O)Nc2cccc(Cl)c2)n1)NCc1ccccc1Cl. The van der Waals surface area contributed by atoms with Crippen molar-refractivity contribution in [2.24, 2.45) is 0 Å². The molecule has 0 radical (unpaired) electrons. The maximum atomic E-state index is 12.1. The Hall–Kier alpha value is -2.61. The number of carbonyl (C=O) groups excluding carboxylic acids is 2. The Morgan fingerprint density at radius 3 is 2.64 bits per heavy atom. The van der Waals surface area contributed by atoms with Crippen molar-refractivity contribution in [2.75, 3.05) is 10.6 Å². The number of nitrogens with zero attached hydrogens (tertiary/aromatic N) is 1. The zero-order chi connectivity index (χ0) is 19.9. The second-order valence-electron chi connectivity index (χ2n) is 5.78. The van der Waals surface area contributed by atoms with Crippen LogP contribution in [-0.2, 0) is 17.8 Å². The number of carbonyl (C=O) groups is 2. The van der Waals surface area contributed by atoms with Gasteiger partial charge in [0.25, 0.3) is 0 Å². The van der Waals surface area contributed by atoms with Crippen LogP contribution >= 0.6 is 34.5 Å². The van der Waals surface area contributed by atoms with Crippen molar-refractivity contribution in [3.05, 3.63) is 75.2 Å². The summed E-state index contributed by atoms with van der Waals surface area (Å²) in [5.41, 5.74) is 1.98. The van der Waals surface area contributed by atoms with Crippen molar-refractivity contribution >= 4 is 57.3 Å². The lowest BCUT2D eigenvalue weighted by Crippen LogP contribution is -2.25. The third kappa shape index (κ3) is 5.95. The zero-order valence-electron chi connectivity index (χ0n) is 14.5. The zero-order valence-corrected chi connectivity index (χ0v) is 16.9. The summed E-state index contributed by atoms with van der Waals surface area (Å²) in [7, 11) is 0. The second kappa shape index (κ2) is 9.54. The van der Waals surface area contributed by atoms with Gasteiger partial charge in [-0.25, -0.2) is 9.78 Å². The molecule has 9 heteroatoms. The average molecular weight is 435 g/mol. The molecule has 6 nitrogen and oxygen atoms in total. The fraction of sp³-hybridized carbons (Fsp3) is 0.105. The van der Waals surface area contributed by atoms with Gasteiger partial charge in [-0.05, 0) is 29.8 Å². The molecule has 144 valence electrons. The number of hydrogen-bond donors (Lipinski definition) is 3. The van der Waals surface area contributed by atoms with Gasteiger partial charge in [-0.1, -0.05) is 47.5 Å². The average Bonchev–Trinajstić information content (AvgIpc) is 3.07. The number of amides is 3. The summed E-state index contributed by atoms with van der Waals surface area (Å²) in [5, 5.41) is 11.4. The summed E-state index contributed by atoms with van der Waals surface area (Å²) >= 11 is 13.2. The molecule has 0 fully saturated rings. The van der Waals surface area contributed by atoms with Crippen molar-refractivity contribution < 1.29 is 9.59 Å². The number of rotatable bonds is 6. The molecule has 3 rings (SSSR count). The molecule has 28 heavy (non-hydrogen) atoms. The highest BCUT2D eigenvalue weighted by Crippen LogP contribution is 2.18. The Kier molecular flexibility index (Phi) is 6.86. The lowest BCUT2D eigenvalue weighted by atomic mass is 10.2. The topological polar surface area (TPSA) is 83.1 Å². The van der Waals surface area contributed by atoms with Gasteiger partial charge in [-0.15, -0.1) is 11.3 Å². The van der Waals surface area contributed by atoms with Crippen LogP contribution in [0.2, 0.25) is 10.0 Å². The van der Waals surface area contributed by atoms with Crippen LogP contribution in [-0.4, -0.2) is 16.9 Å². The van der Waals surface area contributed by atoms with E-state index in [2.05, 4.69) is 20.9 Å². The molecule has 3 amide bonds. The monoisotopic (exact) mass is 434 g/mol. The molecule has 1 aromatic heterocycles. The molecule has 0 unspecified atom stereocenters. The first-order valence-corrected chi connectivity index (χ1v) is 9.91. The Balaban J connectivity index is 1.48. The maximum absolute atomic E-state index is 12.1. The molecular weight excluding hydrogens is 419 g/mol. The van der Waals surface area contributed by atoms with Gasteiger partial charge in [0, 0.05) is 27.7 Å². The summed E-state index contributed by atoms with van der Waals surface area (Å²) in [5.74, 6) is -0.180. The van der Waals surface area contributed by atoms with E-state index in [0.717, 1.165) is 5.56 Å². The van der Waals surface area contributed by atoms with E-state index >= 15 is 0 Å². The second-order valence-corrected chi connectivity index (χ2v) is 7.48. The maximum Gasteiger partial charge on any atom is 0.325 e. The number of nitrogens with one attached hydrogen (secondary N) is 3. The molecule has 0 atom stereocenters. The summed E-state index contributed by atoms with van der Waals surface area (Å²) in [6.07, 6.45) is 0.110. The fourth-order valence-corrected chi connectivity index (χ4v) is 3.43. The summed E-state index contributed by atoms with van der Waals surface area (Å²) in [4.78, 5) is 28.4. The highest BCUT2D eigenvalue weighted by atomic mass is 35.5. The molecule has 2 aromatic carbocycles. The van der Waals surface area contributed by atoms with E-state index in [4.69, 9.17) is 23.2 Å². The van der Waals surface area contributed by atoms with Crippen LogP contribution in [0.5, 0.6) is 0 Å². The van der Waals surface area contributed by atoms with Gasteiger partial charge in [0.2, 0.25) is 5.91 Å². The van der Waals surface area contributed by atoms with Crippen LogP contribution in [0.1, 0.15) is 11.3 Å². The van der Waals surface area contributed by atoms with Crippen LogP contribution in [0.25, 0.3) is 0 Å². The Morgan fingerprint density at radius 1 is 1.04 bits per heavy atom. The first kappa shape index (κ1) is 20.1. The Morgan fingerprint density at radius 2 is 1.86 bits per heavy atom. The Labute approximate surface area is 175 Å². The number of aromatic nitrogens is 1. The van der Waals surface area contributed by atoms with E-state index in [1.165, 1.54) is 11.3 Å². The largest absolute Gasteiger partial charge is 0.352 e. The first-order chi connectivity index (χ1) is 13.5.